The predicted molar refractivity (Wildman–Crippen MR) is 112 cm³/mol. The summed E-state index contributed by atoms with van der Waals surface area (Å²) >= 11 is 3.03. The van der Waals surface area contributed by atoms with E-state index >= 15 is 0 Å². The molecule has 4 rings (SSSR count). The van der Waals surface area contributed by atoms with Gasteiger partial charge >= 0.3 is 0 Å². The molecule has 3 nitrogen and oxygen atoms in total. The van der Waals surface area contributed by atoms with Crippen LogP contribution in [0.2, 0.25) is 0 Å². The van der Waals surface area contributed by atoms with E-state index < -0.39 is 9.52 Å². The fourth-order valence-corrected chi connectivity index (χ4v) is 5.87. The van der Waals surface area contributed by atoms with Gasteiger partial charge in [0.2, 0.25) is 0 Å². The fraction of sp³-hybridized carbons (Fsp3) is 0.0526. The summed E-state index contributed by atoms with van der Waals surface area (Å²) in [5.41, 5.74) is 9.90. The number of benzene rings is 1. The summed E-state index contributed by atoms with van der Waals surface area (Å²) in [5.74, 6) is 3.80. The Morgan fingerprint density at radius 3 is 2.56 bits per heavy atom. The number of fused-ring (bicyclic) bond motifs is 1. The Labute approximate surface area is 154 Å². The van der Waals surface area contributed by atoms with Crippen molar-refractivity contribution >= 4 is 54.0 Å². The van der Waals surface area contributed by atoms with E-state index in [2.05, 4.69) is 30.1 Å². The van der Waals surface area contributed by atoms with Crippen LogP contribution >= 0.6 is 22.7 Å². The van der Waals surface area contributed by atoms with E-state index in [-0.39, 0.29) is 0 Å². The summed E-state index contributed by atoms with van der Waals surface area (Å²) in [4.78, 5) is 6.69. The highest BCUT2D eigenvalue weighted by molar-refractivity contribution is 8.01. The normalized spacial score (nSPS) is 13.8. The highest BCUT2D eigenvalue weighted by Gasteiger charge is 2.20. The number of hydrogen-bond acceptors (Lipinski definition) is 5. The van der Waals surface area contributed by atoms with Crippen molar-refractivity contribution in [2.45, 2.75) is 4.21 Å². The van der Waals surface area contributed by atoms with Crippen molar-refractivity contribution in [3.05, 3.63) is 53.9 Å². The number of aromatic nitrogens is 1. The quantitative estimate of drug-likeness (QED) is 0.507. The average molecular weight is 385 g/mol. The van der Waals surface area contributed by atoms with E-state index in [9.17, 15) is 4.21 Å². The molecular weight excluding hydrogens is 368 g/mol. The minimum absolute atomic E-state index is 0.534. The summed E-state index contributed by atoms with van der Waals surface area (Å²) in [6, 6.07) is 16.2. The molecule has 0 radical (unpaired) electrons. The molecule has 0 aliphatic rings. The maximum Gasteiger partial charge on any atom is 0.127 e. The number of nitrogens with two attached hydrogens (primary N) is 1. The Kier molecular flexibility index (Phi) is 3.91. The molecule has 25 heavy (non-hydrogen) atoms. The number of pyridine rings is 1. The van der Waals surface area contributed by atoms with Gasteiger partial charge in [-0.25, -0.2) is 4.98 Å². The minimum Gasteiger partial charge on any atom is -0.397 e. The molecule has 1 atom stereocenters. The molecular formula is C19H16N2OS3. The van der Waals surface area contributed by atoms with Crippen LogP contribution in [0.1, 0.15) is 0 Å². The summed E-state index contributed by atoms with van der Waals surface area (Å²) in [6.07, 6.45) is 1.62. The first-order chi connectivity index (χ1) is 11.9. The minimum atomic E-state index is -2.40. The molecule has 6 heteroatoms. The molecule has 0 aliphatic heterocycles. The zero-order chi connectivity index (χ0) is 17.6. The molecule has 4 aromatic rings. The van der Waals surface area contributed by atoms with Gasteiger partial charge in [-0.3, -0.25) is 4.21 Å². The van der Waals surface area contributed by atoms with Crippen LogP contribution < -0.4 is 5.73 Å². The molecule has 0 spiro atoms. The van der Waals surface area contributed by atoms with Crippen LogP contribution in [0.25, 0.3) is 31.9 Å². The lowest BCUT2D eigenvalue weighted by Crippen LogP contribution is -1.98. The van der Waals surface area contributed by atoms with E-state index in [1.165, 1.54) is 11.3 Å². The van der Waals surface area contributed by atoms with Gasteiger partial charge in [0.15, 0.2) is 0 Å². The monoisotopic (exact) mass is 384 g/mol. The molecule has 0 saturated carbocycles. The Morgan fingerprint density at radius 2 is 1.92 bits per heavy atom. The number of rotatable bonds is 3. The molecule has 126 valence electrons. The SMILES string of the molecule is C=S(C)(=O)c1sc2nc(-c3cccs3)cc(-c3ccccc3)c2c1N. The molecule has 2 N–H and O–H groups in total. The summed E-state index contributed by atoms with van der Waals surface area (Å²) in [7, 11) is -2.40. The van der Waals surface area contributed by atoms with Crippen LogP contribution in [0, 0.1) is 0 Å². The van der Waals surface area contributed by atoms with Gasteiger partial charge in [0.05, 0.1) is 16.3 Å². The molecule has 0 saturated heterocycles. The largest absolute Gasteiger partial charge is 0.397 e. The molecule has 3 aromatic heterocycles. The second kappa shape index (κ2) is 5.98. The van der Waals surface area contributed by atoms with Gasteiger partial charge in [-0.1, -0.05) is 36.4 Å². The molecule has 1 unspecified atom stereocenters. The van der Waals surface area contributed by atoms with E-state index in [1.807, 2.05) is 29.6 Å². The van der Waals surface area contributed by atoms with Crippen LogP contribution in [0.15, 0.2) is 58.1 Å². The predicted octanol–water partition coefficient (Wildman–Crippen LogP) is 4.98. The zero-order valence-corrected chi connectivity index (χ0v) is 16.0. The van der Waals surface area contributed by atoms with Gasteiger partial charge in [0, 0.05) is 21.2 Å². The van der Waals surface area contributed by atoms with Gasteiger partial charge < -0.3 is 5.73 Å². The van der Waals surface area contributed by atoms with E-state index in [4.69, 9.17) is 10.7 Å². The highest BCUT2D eigenvalue weighted by Crippen LogP contribution is 2.43. The van der Waals surface area contributed by atoms with Crippen molar-refractivity contribution in [2.75, 3.05) is 12.0 Å². The van der Waals surface area contributed by atoms with Crippen LogP contribution in [0.3, 0.4) is 0 Å². The Bertz CT molecular complexity index is 1160. The van der Waals surface area contributed by atoms with Crippen molar-refractivity contribution < 1.29 is 4.21 Å². The Balaban J connectivity index is 2.11. The maximum absolute atomic E-state index is 12.5. The van der Waals surface area contributed by atoms with Gasteiger partial charge in [-0.15, -0.1) is 22.7 Å². The third-order valence-corrected chi connectivity index (χ3v) is 8.01. The smallest absolute Gasteiger partial charge is 0.127 e. The van der Waals surface area contributed by atoms with Gasteiger partial charge in [-0.05, 0) is 34.5 Å². The fourth-order valence-electron chi connectivity index (χ4n) is 2.82. The summed E-state index contributed by atoms with van der Waals surface area (Å²) in [5, 5.41) is 2.90. The van der Waals surface area contributed by atoms with Crippen LogP contribution in [0.4, 0.5) is 5.69 Å². The number of nitrogen functional groups attached to an aromatic ring is 1. The highest BCUT2D eigenvalue weighted by atomic mass is 32.2. The van der Waals surface area contributed by atoms with Crippen LogP contribution in [-0.4, -0.2) is 21.3 Å². The zero-order valence-electron chi connectivity index (χ0n) is 13.6. The van der Waals surface area contributed by atoms with Crippen molar-refractivity contribution in [2.24, 2.45) is 0 Å². The van der Waals surface area contributed by atoms with Crippen molar-refractivity contribution in [1.29, 1.82) is 0 Å². The number of nitrogens with zero attached hydrogens (tertiary/aromatic N) is 1. The van der Waals surface area contributed by atoms with Gasteiger partial charge in [0.1, 0.15) is 9.04 Å². The molecule has 0 bridgehead atoms. The van der Waals surface area contributed by atoms with Crippen LogP contribution in [0.5, 0.6) is 0 Å². The second-order valence-corrected chi connectivity index (χ2v) is 10.5. The Morgan fingerprint density at radius 1 is 1.16 bits per heavy atom. The molecule has 3 heterocycles. The first-order valence-electron chi connectivity index (χ1n) is 7.60. The van der Waals surface area contributed by atoms with Crippen LogP contribution in [-0.2, 0) is 9.52 Å². The molecule has 0 aliphatic carbocycles. The molecule has 1 aromatic carbocycles. The van der Waals surface area contributed by atoms with Crippen molar-refractivity contribution in [1.82, 2.24) is 4.98 Å². The summed E-state index contributed by atoms with van der Waals surface area (Å²) < 4.78 is 13.2. The van der Waals surface area contributed by atoms with Gasteiger partial charge in [0.25, 0.3) is 0 Å². The Hall–Kier alpha value is -2.15. The maximum atomic E-state index is 12.5. The topological polar surface area (TPSA) is 56.0 Å². The average Bonchev–Trinajstić information content (AvgIpc) is 3.23. The van der Waals surface area contributed by atoms with E-state index in [1.54, 1.807) is 17.6 Å². The number of thiophene rings is 2. The number of anilines is 1. The second-order valence-electron chi connectivity index (χ2n) is 5.89. The van der Waals surface area contributed by atoms with E-state index in [0.29, 0.717) is 9.90 Å². The van der Waals surface area contributed by atoms with Crippen molar-refractivity contribution in [3.8, 4) is 21.7 Å². The molecule has 0 fully saturated rings. The lowest BCUT2D eigenvalue weighted by Gasteiger charge is -2.08. The van der Waals surface area contributed by atoms with Crippen molar-refractivity contribution in [3.63, 3.8) is 0 Å². The third kappa shape index (κ3) is 2.86. The number of hydrogen-bond donors (Lipinski definition) is 1. The van der Waals surface area contributed by atoms with E-state index in [0.717, 1.165) is 31.9 Å². The standard InChI is InChI=1S/C19H16N2OS3/c1-25(2,22)19-17(20)16-13(12-7-4-3-5-8-12)11-14(21-18(16)24-19)15-9-6-10-23-15/h3-11H,1,20H2,2H3. The van der Waals surface area contributed by atoms with Gasteiger partial charge in [-0.2, -0.15) is 0 Å². The first kappa shape index (κ1) is 16.3. The first-order valence-corrected chi connectivity index (χ1v) is 11.4. The summed E-state index contributed by atoms with van der Waals surface area (Å²) in [6.45, 7) is 0. The molecule has 0 amide bonds. The lowest BCUT2D eigenvalue weighted by molar-refractivity contribution is 0.686. The lowest BCUT2D eigenvalue weighted by atomic mass is 10.0. The third-order valence-electron chi connectivity index (χ3n) is 3.92.